The van der Waals surface area contributed by atoms with Gasteiger partial charge in [-0.2, -0.15) is 0 Å². The van der Waals surface area contributed by atoms with Gasteiger partial charge in [0.25, 0.3) is 5.92 Å². The maximum Gasteiger partial charge on any atom is 0.314 e. The lowest BCUT2D eigenvalue weighted by atomic mass is 9.52. The number of hydrogen-bond donors (Lipinski definition) is 2. The van der Waals surface area contributed by atoms with E-state index in [9.17, 15) is 37.2 Å². The fourth-order valence-electron chi connectivity index (χ4n) is 8.86. The van der Waals surface area contributed by atoms with Crippen LogP contribution < -0.4 is 4.74 Å². The number of benzene rings is 1. The normalized spacial score (nSPS) is 29.6. The second-order valence-electron chi connectivity index (χ2n) is 15.5. The van der Waals surface area contributed by atoms with Crippen molar-refractivity contribution in [1.82, 2.24) is 0 Å². The maximum atomic E-state index is 13.8. The van der Waals surface area contributed by atoms with Gasteiger partial charge in [-0.25, -0.2) is 8.78 Å². The first-order valence-electron chi connectivity index (χ1n) is 16.9. The Morgan fingerprint density at radius 3 is 2.55 bits per heavy atom. The largest absolute Gasteiger partial charge is 0.426 e. The zero-order chi connectivity index (χ0) is 34.9. The standard InChI is InChI=1S/C35H49B2F3O6S/c1-21(47(45)15-5-12-34(38,39)35(36,37)40)19-32(2,3)13-10-22-16-23-17-25(46-30(44)18-24(42)20-41)6-7-26(23)27-11-14-33(4)28(31(22)27)8-9-29(33)43/h6-7,17,20-22,24,27-29,31,42-43H,5,8-16,18-19H2,1-4H3/t21?,22-,24?,27-,28?,29?,31?,33?,47?/m1/s1. The lowest BCUT2D eigenvalue weighted by Crippen LogP contribution is -2.47. The summed E-state index contributed by atoms with van der Waals surface area (Å²) >= 11 is 0. The molecule has 0 spiro atoms. The Balaban J connectivity index is 1.46. The number of aliphatic hydroxyl groups is 2. The molecule has 4 rings (SSSR count). The van der Waals surface area contributed by atoms with Crippen LogP contribution in [0.4, 0.5) is 13.2 Å². The fourth-order valence-corrected chi connectivity index (χ4v) is 10.3. The van der Waals surface area contributed by atoms with Gasteiger partial charge in [0.2, 0.25) is 0 Å². The number of hydrogen-bond acceptors (Lipinski definition) is 6. The van der Waals surface area contributed by atoms with Gasteiger partial charge < -0.3 is 19.7 Å². The van der Waals surface area contributed by atoms with Crippen LogP contribution in [-0.4, -0.2) is 77.0 Å². The lowest BCUT2D eigenvalue weighted by Gasteiger charge is -2.53. The second-order valence-corrected chi connectivity index (χ2v) is 17.5. The molecule has 9 atom stereocenters. The van der Waals surface area contributed by atoms with Crippen LogP contribution in [0.25, 0.3) is 0 Å². The van der Waals surface area contributed by atoms with Gasteiger partial charge in [-0.15, -0.1) is 0 Å². The van der Waals surface area contributed by atoms with Crippen molar-refractivity contribution in [2.24, 2.45) is 28.6 Å². The van der Waals surface area contributed by atoms with Crippen molar-refractivity contribution in [2.45, 2.75) is 133 Å². The summed E-state index contributed by atoms with van der Waals surface area (Å²) in [6, 6.07) is 5.73. The SMILES string of the molecule is [B]C([B])(F)C(F)(F)CCCS(=O)C(C)CC(C)(C)CC[C@@H]1Cc2cc(OC(=O)CC(O)C=O)ccc2[C@H]2CCC3(C)C(O)CCC3C12. The van der Waals surface area contributed by atoms with E-state index in [-0.39, 0.29) is 34.4 Å². The third-order valence-corrected chi connectivity index (χ3v) is 13.2. The molecule has 4 radical (unpaired) electrons. The van der Waals surface area contributed by atoms with E-state index in [1.165, 1.54) is 5.56 Å². The molecule has 1 aromatic rings. The summed E-state index contributed by atoms with van der Waals surface area (Å²) in [7, 11) is 8.13. The van der Waals surface area contributed by atoms with Gasteiger partial charge in [-0.3, -0.25) is 13.4 Å². The van der Waals surface area contributed by atoms with Crippen LogP contribution in [0, 0.1) is 28.6 Å². The first kappa shape index (κ1) is 38.2. The van der Waals surface area contributed by atoms with Crippen LogP contribution in [0.15, 0.2) is 18.2 Å². The van der Waals surface area contributed by atoms with Crippen LogP contribution in [0.3, 0.4) is 0 Å². The number of aliphatic hydroxyl groups excluding tert-OH is 2. The topological polar surface area (TPSA) is 101 Å². The minimum absolute atomic E-state index is 0.00960. The van der Waals surface area contributed by atoms with Crippen molar-refractivity contribution >= 4 is 38.7 Å². The van der Waals surface area contributed by atoms with E-state index in [1.54, 1.807) is 6.07 Å². The van der Waals surface area contributed by atoms with Crippen molar-refractivity contribution in [3.05, 3.63) is 29.3 Å². The first-order valence-corrected chi connectivity index (χ1v) is 18.3. The predicted octanol–water partition coefficient (Wildman–Crippen LogP) is 5.69. The molecule has 0 aromatic heterocycles. The smallest absolute Gasteiger partial charge is 0.314 e. The van der Waals surface area contributed by atoms with Crippen LogP contribution >= 0.6 is 0 Å². The first-order chi connectivity index (χ1) is 21.8. The Bertz CT molecular complexity index is 1310. The van der Waals surface area contributed by atoms with Crippen molar-refractivity contribution in [3.63, 3.8) is 0 Å². The molecule has 0 saturated heterocycles. The zero-order valence-corrected chi connectivity index (χ0v) is 28.9. The highest BCUT2D eigenvalue weighted by Gasteiger charge is 2.56. The van der Waals surface area contributed by atoms with Gasteiger partial charge in [0.1, 0.15) is 33.8 Å². The molecule has 0 amide bonds. The summed E-state index contributed by atoms with van der Waals surface area (Å²) in [4.78, 5) is 23.1. The third kappa shape index (κ3) is 8.75. The second kappa shape index (κ2) is 14.7. The molecule has 12 heteroatoms. The van der Waals surface area contributed by atoms with Gasteiger partial charge >= 0.3 is 5.97 Å². The molecule has 0 aliphatic heterocycles. The van der Waals surface area contributed by atoms with Crippen LogP contribution in [0.1, 0.15) is 109 Å². The molecule has 258 valence electrons. The Morgan fingerprint density at radius 1 is 1.19 bits per heavy atom. The summed E-state index contributed by atoms with van der Waals surface area (Å²) in [5.41, 5.74) is -1.55. The van der Waals surface area contributed by atoms with Crippen molar-refractivity contribution in [3.8, 4) is 5.75 Å². The fraction of sp³-hybridized carbons (Fsp3) is 0.771. The summed E-state index contributed by atoms with van der Waals surface area (Å²) < 4.78 is 59.5. The van der Waals surface area contributed by atoms with Crippen molar-refractivity contribution in [2.75, 3.05) is 5.75 Å². The quantitative estimate of drug-likeness (QED) is 0.107. The third-order valence-electron chi connectivity index (χ3n) is 11.5. The molecule has 1 aromatic carbocycles. The molecule has 7 unspecified atom stereocenters. The molecular formula is C35H49B2F3O6S. The minimum Gasteiger partial charge on any atom is -0.426 e. The molecule has 6 nitrogen and oxygen atoms in total. The van der Waals surface area contributed by atoms with Gasteiger partial charge in [-0.1, -0.05) is 33.8 Å². The monoisotopic (exact) mass is 676 g/mol. The van der Waals surface area contributed by atoms with E-state index in [0.29, 0.717) is 42.1 Å². The average Bonchev–Trinajstić information content (AvgIpc) is 3.28. The van der Waals surface area contributed by atoms with Gasteiger partial charge in [0.15, 0.2) is 0 Å². The Hall–Kier alpha value is -1.65. The predicted molar refractivity (Wildman–Crippen MR) is 178 cm³/mol. The van der Waals surface area contributed by atoms with Gasteiger partial charge in [-0.05, 0) is 116 Å². The molecule has 47 heavy (non-hydrogen) atoms. The van der Waals surface area contributed by atoms with E-state index in [1.807, 2.05) is 19.1 Å². The summed E-state index contributed by atoms with van der Waals surface area (Å²) in [5.74, 6) is -2.81. The highest BCUT2D eigenvalue weighted by molar-refractivity contribution is 7.85. The number of carbonyl (C=O) groups is 2. The van der Waals surface area contributed by atoms with Crippen LogP contribution in [0.2, 0.25) is 0 Å². The molecule has 2 saturated carbocycles. The molecule has 3 aliphatic rings. The number of ether oxygens (including phenoxy) is 1. The summed E-state index contributed by atoms with van der Waals surface area (Å²) in [6.07, 6.45) is 3.98. The molecule has 2 fully saturated rings. The lowest BCUT2D eigenvalue weighted by molar-refractivity contribution is -0.138. The molecule has 0 bridgehead atoms. The maximum absolute atomic E-state index is 13.8. The molecular weight excluding hydrogens is 627 g/mol. The molecule has 3 aliphatic carbocycles. The zero-order valence-electron chi connectivity index (χ0n) is 28.1. The number of carbonyl (C=O) groups excluding carboxylic acids is 2. The Morgan fingerprint density at radius 2 is 1.89 bits per heavy atom. The van der Waals surface area contributed by atoms with Crippen molar-refractivity contribution in [1.29, 1.82) is 0 Å². The van der Waals surface area contributed by atoms with E-state index in [4.69, 9.17) is 20.4 Å². The van der Waals surface area contributed by atoms with E-state index in [0.717, 1.165) is 50.5 Å². The summed E-state index contributed by atoms with van der Waals surface area (Å²) in [5, 5.41) is 20.3. The van der Waals surface area contributed by atoms with Crippen LogP contribution in [0.5, 0.6) is 5.75 Å². The van der Waals surface area contributed by atoms with E-state index in [2.05, 4.69) is 20.8 Å². The number of esters is 1. The van der Waals surface area contributed by atoms with Gasteiger partial charge in [0, 0.05) is 28.2 Å². The number of aldehydes is 1. The van der Waals surface area contributed by atoms with Crippen LogP contribution in [-0.2, 0) is 26.8 Å². The number of rotatable bonds is 15. The highest BCUT2D eigenvalue weighted by atomic mass is 32.2. The number of fused-ring (bicyclic) bond motifs is 5. The number of alkyl halides is 3. The average molecular weight is 676 g/mol. The van der Waals surface area contributed by atoms with Crippen molar-refractivity contribution < 1.29 is 41.9 Å². The Labute approximate surface area is 282 Å². The molecule has 2 N–H and O–H groups in total. The van der Waals surface area contributed by atoms with Gasteiger partial charge in [0.05, 0.1) is 18.0 Å². The molecule has 0 heterocycles. The summed E-state index contributed by atoms with van der Waals surface area (Å²) in [6.45, 7) is 8.37. The minimum atomic E-state index is -3.90. The van der Waals surface area contributed by atoms with E-state index >= 15 is 0 Å². The number of halogens is 3. The highest BCUT2D eigenvalue weighted by Crippen LogP contribution is 2.63. The van der Waals surface area contributed by atoms with E-state index < -0.39 is 47.1 Å². The Kier molecular flexibility index (Phi) is 11.9.